The summed E-state index contributed by atoms with van der Waals surface area (Å²) in [6.07, 6.45) is 0.394. The number of hydrogen-bond donors (Lipinski definition) is 0. The molecule has 116 valence electrons. The SMILES string of the molecule is CCOC(=O)C(C)(CCN1CCOCC1)C(=O)OCC. The largest absolute Gasteiger partial charge is 0.465 e. The van der Waals surface area contributed by atoms with Crippen LogP contribution in [0.5, 0.6) is 0 Å². The summed E-state index contributed by atoms with van der Waals surface area (Å²) in [5.41, 5.74) is -1.23. The number of carbonyl (C=O) groups is 2. The van der Waals surface area contributed by atoms with E-state index in [-0.39, 0.29) is 13.2 Å². The molecule has 1 rings (SSSR count). The molecule has 1 fully saturated rings. The van der Waals surface area contributed by atoms with Crippen molar-refractivity contribution in [3.63, 3.8) is 0 Å². The highest BCUT2D eigenvalue weighted by Crippen LogP contribution is 2.26. The number of morpholine rings is 1. The van der Waals surface area contributed by atoms with Gasteiger partial charge < -0.3 is 14.2 Å². The van der Waals surface area contributed by atoms with Crippen LogP contribution in [0.4, 0.5) is 0 Å². The van der Waals surface area contributed by atoms with Crippen molar-refractivity contribution >= 4 is 11.9 Å². The van der Waals surface area contributed by atoms with Crippen LogP contribution in [0.1, 0.15) is 27.2 Å². The number of ether oxygens (including phenoxy) is 3. The van der Waals surface area contributed by atoms with Crippen LogP contribution < -0.4 is 0 Å². The Labute approximate surface area is 120 Å². The maximum Gasteiger partial charge on any atom is 0.323 e. The highest BCUT2D eigenvalue weighted by Gasteiger charge is 2.44. The second kappa shape index (κ2) is 8.21. The lowest BCUT2D eigenvalue weighted by Crippen LogP contribution is -2.44. The molecule has 1 aliphatic heterocycles. The van der Waals surface area contributed by atoms with Crippen molar-refractivity contribution in [1.29, 1.82) is 0 Å². The van der Waals surface area contributed by atoms with E-state index in [1.165, 1.54) is 0 Å². The van der Waals surface area contributed by atoms with Gasteiger partial charge in [0.1, 0.15) is 0 Å². The number of nitrogens with zero attached hydrogens (tertiary/aromatic N) is 1. The second-order valence-electron chi connectivity index (χ2n) is 4.98. The molecule has 0 N–H and O–H groups in total. The van der Waals surface area contributed by atoms with E-state index in [0.29, 0.717) is 26.2 Å². The summed E-state index contributed by atoms with van der Waals surface area (Å²) in [6.45, 7) is 9.24. The summed E-state index contributed by atoms with van der Waals surface area (Å²) in [6, 6.07) is 0. The molecule has 0 aliphatic carbocycles. The van der Waals surface area contributed by atoms with Crippen LogP contribution in [0.25, 0.3) is 0 Å². The molecule has 20 heavy (non-hydrogen) atoms. The quantitative estimate of drug-likeness (QED) is 0.511. The fourth-order valence-corrected chi connectivity index (χ4v) is 2.07. The molecule has 0 aromatic carbocycles. The minimum Gasteiger partial charge on any atom is -0.465 e. The summed E-state index contributed by atoms with van der Waals surface area (Å²) >= 11 is 0. The van der Waals surface area contributed by atoms with Crippen LogP contribution in [0, 0.1) is 5.41 Å². The van der Waals surface area contributed by atoms with Crippen LogP contribution in [0.2, 0.25) is 0 Å². The first-order chi connectivity index (χ1) is 9.54. The van der Waals surface area contributed by atoms with Crippen LogP contribution in [-0.2, 0) is 23.8 Å². The zero-order valence-corrected chi connectivity index (χ0v) is 12.6. The summed E-state index contributed by atoms with van der Waals surface area (Å²) in [5, 5.41) is 0. The van der Waals surface area contributed by atoms with Gasteiger partial charge in [0, 0.05) is 13.1 Å². The summed E-state index contributed by atoms with van der Waals surface area (Å²) in [5.74, 6) is -1.02. The molecule has 0 spiro atoms. The van der Waals surface area contributed by atoms with Crippen molar-refractivity contribution in [3.8, 4) is 0 Å². The van der Waals surface area contributed by atoms with Crippen molar-refractivity contribution in [2.24, 2.45) is 5.41 Å². The zero-order chi connectivity index (χ0) is 15.0. The van der Waals surface area contributed by atoms with Gasteiger partial charge in [-0.25, -0.2) is 0 Å². The lowest BCUT2D eigenvalue weighted by Gasteiger charge is -2.31. The second-order valence-corrected chi connectivity index (χ2v) is 4.98. The van der Waals surface area contributed by atoms with E-state index in [0.717, 1.165) is 13.1 Å². The molecular formula is C14H25NO5. The van der Waals surface area contributed by atoms with E-state index in [2.05, 4.69) is 4.90 Å². The summed E-state index contributed by atoms with van der Waals surface area (Å²) in [7, 11) is 0. The maximum absolute atomic E-state index is 12.1. The molecule has 0 unspecified atom stereocenters. The topological polar surface area (TPSA) is 65.1 Å². The Morgan fingerprint density at radius 1 is 1.10 bits per heavy atom. The fourth-order valence-electron chi connectivity index (χ4n) is 2.07. The third-order valence-corrected chi connectivity index (χ3v) is 3.48. The minimum absolute atomic E-state index is 0.255. The van der Waals surface area contributed by atoms with E-state index < -0.39 is 17.4 Å². The Hall–Kier alpha value is -1.14. The molecular weight excluding hydrogens is 262 g/mol. The van der Waals surface area contributed by atoms with E-state index in [1.807, 2.05) is 0 Å². The van der Waals surface area contributed by atoms with Gasteiger partial charge in [0.15, 0.2) is 5.41 Å². The van der Waals surface area contributed by atoms with Crippen molar-refractivity contribution in [1.82, 2.24) is 4.90 Å². The lowest BCUT2D eigenvalue weighted by atomic mass is 9.86. The highest BCUT2D eigenvalue weighted by atomic mass is 16.6. The molecule has 0 aromatic rings. The van der Waals surface area contributed by atoms with Gasteiger partial charge >= 0.3 is 11.9 Å². The zero-order valence-electron chi connectivity index (χ0n) is 12.6. The first-order valence-electron chi connectivity index (χ1n) is 7.19. The standard InChI is InChI=1S/C14H25NO5/c1-4-19-12(16)14(3,13(17)20-5-2)6-7-15-8-10-18-11-9-15/h4-11H2,1-3H3. The van der Waals surface area contributed by atoms with Crippen LogP contribution in [0.3, 0.4) is 0 Å². The van der Waals surface area contributed by atoms with E-state index in [4.69, 9.17) is 14.2 Å². The van der Waals surface area contributed by atoms with Gasteiger partial charge in [-0.2, -0.15) is 0 Å². The monoisotopic (exact) mass is 287 g/mol. The maximum atomic E-state index is 12.1. The Morgan fingerprint density at radius 2 is 1.60 bits per heavy atom. The molecule has 0 atom stereocenters. The van der Waals surface area contributed by atoms with Crippen LogP contribution in [-0.4, -0.2) is 62.9 Å². The van der Waals surface area contributed by atoms with Crippen molar-refractivity contribution in [2.75, 3.05) is 46.1 Å². The van der Waals surface area contributed by atoms with Gasteiger partial charge in [0.2, 0.25) is 0 Å². The summed E-state index contributed by atoms with van der Waals surface area (Å²) in [4.78, 5) is 26.4. The molecule has 1 heterocycles. The normalized spacial score (nSPS) is 16.8. The Balaban J connectivity index is 2.65. The predicted molar refractivity (Wildman–Crippen MR) is 73.2 cm³/mol. The van der Waals surface area contributed by atoms with Gasteiger partial charge in [-0.05, 0) is 33.7 Å². The lowest BCUT2D eigenvalue weighted by molar-refractivity contribution is -0.171. The Morgan fingerprint density at radius 3 is 2.05 bits per heavy atom. The van der Waals surface area contributed by atoms with Crippen LogP contribution in [0.15, 0.2) is 0 Å². The van der Waals surface area contributed by atoms with Gasteiger partial charge in [-0.1, -0.05) is 0 Å². The molecule has 0 bridgehead atoms. The molecule has 1 aliphatic rings. The van der Waals surface area contributed by atoms with E-state index in [9.17, 15) is 9.59 Å². The first-order valence-corrected chi connectivity index (χ1v) is 7.19. The number of carbonyl (C=O) groups excluding carboxylic acids is 2. The molecule has 0 radical (unpaired) electrons. The molecule has 1 saturated heterocycles. The molecule has 6 heteroatoms. The number of esters is 2. The van der Waals surface area contributed by atoms with Gasteiger partial charge in [0.25, 0.3) is 0 Å². The third kappa shape index (κ3) is 4.45. The van der Waals surface area contributed by atoms with Gasteiger partial charge in [-0.15, -0.1) is 0 Å². The fraction of sp³-hybridized carbons (Fsp3) is 0.857. The first kappa shape index (κ1) is 16.9. The number of rotatable bonds is 7. The predicted octanol–water partition coefficient (Wildman–Crippen LogP) is 0.841. The number of hydrogen-bond acceptors (Lipinski definition) is 6. The van der Waals surface area contributed by atoms with Gasteiger partial charge in [-0.3, -0.25) is 14.5 Å². The molecule has 0 aromatic heterocycles. The molecule has 0 saturated carbocycles. The minimum atomic E-state index is -1.23. The molecule has 6 nitrogen and oxygen atoms in total. The van der Waals surface area contributed by atoms with Crippen molar-refractivity contribution in [2.45, 2.75) is 27.2 Å². The highest BCUT2D eigenvalue weighted by molar-refractivity contribution is 5.99. The smallest absolute Gasteiger partial charge is 0.323 e. The Bertz CT molecular complexity index is 308. The van der Waals surface area contributed by atoms with Gasteiger partial charge in [0.05, 0.1) is 26.4 Å². The average Bonchev–Trinajstić information content (AvgIpc) is 2.46. The van der Waals surface area contributed by atoms with Crippen molar-refractivity contribution in [3.05, 3.63) is 0 Å². The van der Waals surface area contributed by atoms with E-state index in [1.54, 1.807) is 20.8 Å². The average molecular weight is 287 g/mol. The third-order valence-electron chi connectivity index (χ3n) is 3.48. The van der Waals surface area contributed by atoms with Crippen molar-refractivity contribution < 1.29 is 23.8 Å². The van der Waals surface area contributed by atoms with E-state index >= 15 is 0 Å². The van der Waals surface area contributed by atoms with Crippen LogP contribution >= 0.6 is 0 Å². The summed E-state index contributed by atoms with van der Waals surface area (Å²) < 4.78 is 15.3. The Kier molecular flexibility index (Phi) is 6.95. The molecule has 0 amide bonds.